The fourth-order valence-corrected chi connectivity index (χ4v) is 3.85. The van der Waals surface area contributed by atoms with Gasteiger partial charge in [0, 0.05) is 44.5 Å². The van der Waals surface area contributed by atoms with Crippen LogP contribution in [0.15, 0.2) is 10.4 Å². The van der Waals surface area contributed by atoms with Crippen molar-refractivity contribution < 1.29 is 13.2 Å². The number of likely N-dealkylation sites (tertiary alicyclic amines) is 1. The number of hydrogen-bond acceptors (Lipinski definition) is 4. The number of nitrogens with zero attached hydrogens (tertiary/aromatic N) is 3. The molecule has 156 valence electrons. The maximum atomic E-state index is 12.5. The lowest BCUT2D eigenvalue weighted by Gasteiger charge is -2.33. The minimum absolute atomic E-state index is 0. The van der Waals surface area contributed by atoms with Crippen LogP contribution in [0.2, 0.25) is 0 Å². The molecule has 10 heteroatoms. The third-order valence-electron chi connectivity index (χ3n) is 4.55. The minimum Gasteiger partial charge on any atom is -0.356 e. The number of nitrogens with one attached hydrogen (secondary N) is 2. The summed E-state index contributed by atoms with van der Waals surface area (Å²) in [4.78, 5) is 10.3. The van der Waals surface area contributed by atoms with Crippen molar-refractivity contribution in [3.05, 3.63) is 16.1 Å². The van der Waals surface area contributed by atoms with Gasteiger partial charge in [-0.3, -0.25) is 4.99 Å². The fraction of sp³-hybridized carbons (Fsp3) is 0.765. The Labute approximate surface area is 180 Å². The lowest BCUT2D eigenvalue weighted by molar-refractivity contribution is -0.140. The van der Waals surface area contributed by atoms with E-state index in [1.807, 2.05) is 0 Å². The van der Waals surface area contributed by atoms with Gasteiger partial charge in [0.15, 0.2) is 11.7 Å². The molecule has 1 fully saturated rings. The molecule has 1 aromatic rings. The Balaban J connectivity index is 0.00000364. The Morgan fingerprint density at radius 3 is 2.70 bits per heavy atom. The van der Waals surface area contributed by atoms with Crippen molar-refractivity contribution in [1.29, 1.82) is 0 Å². The van der Waals surface area contributed by atoms with Gasteiger partial charge in [-0.2, -0.15) is 13.2 Å². The molecule has 1 unspecified atom stereocenters. The predicted octanol–water partition coefficient (Wildman–Crippen LogP) is 3.75. The van der Waals surface area contributed by atoms with Gasteiger partial charge in [-0.05, 0) is 32.7 Å². The number of rotatable bonds is 7. The van der Waals surface area contributed by atoms with Crippen molar-refractivity contribution in [1.82, 2.24) is 20.5 Å². The van der Waals surface area contributed by atoms with Crippen molar-refractivity contribution in [2.45, 2.75) is 51.2 Å². The highest BCUT2D eigenvalue weighted by atomic mass is 127. The number of aromatic nitrogens is 1. The van der Waals surface area contributed by atoms with Gasteiger partial charge in [-0.15, -0.1) is 35.3 Å². The molecule has 0 saturated carbocycles. The van der Waals surface area contributed by atoms with E-state index in [0.29, 0.717) is 30.0 Å². The van der Waals surface area contributed by atoms with Gasteiger partial charge in [-0.25, -0.2) is 4.98 Å². The Bertz CT molecular complexity index is 579. The van der Waals surface area contributed by atoms with Gasteiger partial charge < -0.3 is 15.5 Å². The number of piperidine rings is 1. The van der Waals surface area contributed by atoms with Crippen LogP contribution in [-0.4, -0.2) is 55.1 Å². The average Bonchev–Trinajstić information content (AvgIpc) is 3.07. The van der Waals surface area contributed by atoms with E-state index in [0.717, 1.165) is 36.2 Å². The number of alkyl halides is 3. The average molecular weight is 519 g/mol. The van der Waals surface area contributed by atoms with Crippen LogP contribution < -0.4 is 10.6 Å². The summed E-state index contributed by atoms with van der Waals surface area (Å²) in [5, 5.41) is 7.91. The van der Waals surface area contributed by atoms with Crippen LogP contribution in [-0.2, 0) is 12.6 Å². The lowest BCUT2D eigenvalue weighted by Crippen LogP contribution is -2.41. The second-order valence-electron chi connectivity index (χ2n) is 6.53. The molecule has 0 bridgehead atoms. The summed E-state index contributed by atoms with van der Waals surface area (Å²) in [6.07, 6.45) is 0.998. The first-order chi connectivity index (χ1) is 12.4. The number of hydrogen-bond donors (Lipinski definition) is 2. The van der Waals surface area contributed by atoms with Gasteiger partial charge in [0.2, 0.25) is 0 Å². The van der Waals surface area contributed by atoms with E-state index in [4.69, 9.17) is 0 Å². The van der Waals surface area contributed by atoms with Gasteiger partial charge in [0.1, 0.15) is 0 Å². The Kier molecular flexibility index (Phi) is 10.9. The van der Waals surface area contributed by atoms with Gasteiger partial charge in [0.25, 0.3) is 0 Å². The van der Waals surface area contributed by atoms with Crippen molar-refractivity contribution in [3.8, 4) is 0 Å². The zero-order chi connectivity index (χ0) is 19.0. The van der Waals surface area contributed by atoms with E-state index in [1.165, 1.54) is 25.8 Å². The molecule has 1 aliphatic heterocycles. The molecule has 0 amide bonds. The summed E-state index contributed by atoms with van der Waals surface area (Å²) in [5.41, 5.74) is -0.813. The molecular weight excluding hydrogens is 490 g/mol. The molecule has 1 saturated heterocycles. The third kappa shape index (κ3) is 8.51. The molecule has 27 heavy (non-hydrogen) atoms. The summed E-state index contributed by atoms with van der Waals surface area (Å²) in [6, 6.07) is 0.668. The predicted molar refractivity (Wildman–Crippen MR) is 115 cm³/mol. The van der Waals surface area contributed by atoms with Crippen molar-refractivity contribution in [3.63, 3.8) is 0 Å². The number of guanidine groups is 1. The second kappa shape index (κ2) is 12.1. The second-order valence-corrected chi connectivity index (χ2v) is 7.48. The van der Waals surface area contributed by atoms with E-state index in [-0.39, 0.29) is 24.0 Å². The molecular formula is C17H29F3IN5S. The largest absolute Gasteiger partial charge is 0.434 e. The summed E-state index contributed by atoms with van der Waals surface area (Å²) in [5.74, 6) is 0.671. The van der Waals surface area contributed by atoms with Gasteiger partial charge >= 0.3 is 6.18 Å². The van der Waals surface area contributed by atoms with Crippen molar-refractivity contribution in [2.24, 2.45) is 4.99 Å². The molecule has 0 aliphatic carbocycles. The van der Waals surface area contributed by atoms with Crippen molar-refractivity contribution >= 4 is 41.3 Å². The first kappa shape index (κ1) is 24.4. The summed E-state index contributed by atoms with van der Waals surface area (Å²) in [6.45, 7) is 5.86. The zero-order valence-corrected chi connectivity index (χ0v) is 19.0. The highest BCUT2D eigenvalue weighted by Crippen LogP contribution is 2.29. The Hall–Kier alpha value is -0.620. The quantitative estimate of drug-likeness (QED) is 0.250. The highest BCUT2D eigenvalue weighted by Gasteiger charge is 2.33. The highest BCUT2D eigenvalue weighted by molar-refractivity contribution is 14.0. The van der Waals surface area contributed by atoms with E-state index >= 15 is 0 Å². The van der Waals surface area contributed by atoms with E-state index < -0.39 is 11.9 Å². The maximum absolute atomic E-state index is 12.5. The summed E-state index contributed by atoms with van der Waals surface area (Å²) >= 11 is 1.04. The standard InChI is InChI=1S/C17H28F3N5S.HI/c1-13-6-3-4-10-25(13)11-5-8-22-16(21-2)23-9-7-15-24-14(12-26-15)17(18,19)20;/h12-13H,3-11H2,1-2H3,(H2,21,22,23);1H. The molecule has 2 N–H and O–H groups in total. The summed E-state index contributed by atoms with van der Waals surface area (Å²) < 4.78 is 37.6. The van der Waals surface area contributed by atoms with Crippen LogP contribution in [0.1, 0.15) is 43.3 Å². The van der Waals surface area contributed by atoms with Crippen LogP contribution in [0.5, 0.6) is 0 Å². The molecule has 5 nitrogen and oxygen atoms in total. The molecule has 1 aromatic heterocycles. The van der Waals surface area contributed by atoms with Crippen LogP contribution >= 0.6 is 35.3 Å². The van der Waals surface area contributed by atoms with E-state index in [1.54, 1.807) is 7.05 Å². The normalized spacial score (nSPS) is 18.9. The van der Waals surface area contributed by atoms with Crippen LogP contribution in [0.4, 0.5) is 13.2 Å². The smallest absolute Gasteiger partial charge is 0.356 e. The minimum atomic E-state index is -4.37. The van der Waals surface area contributed by atoms with Gasteiger partial charge in [-0.1, -0.05) is 6.42 Å². The van der Waals surface area contributed by atoms with E-state index in [2.05, 4.69) is 32.4 Å². The number of aliphatic imine (C=N–C) groups is 1. The monoisotopic (exact) mass is 519 g/mol. The molecule has 2 rings (SSSR count). The topological polar surface area (TPSA) is 52.6 Å². The first-order valence-corrected chi connectivity index (χ1v) is 9.98. The van der Waals surface area contributed by atoms with Crippen LogP contribution in [0.25, 0.3) is 0 Å². The summed E-state index contributed by atoms with van der Waals surface area (Å²) in [7, 11) is 1.69. The zero-order valence-electron chi connectivity index (χ0n) is 15.8. The van der Waals surface area contributed by atoms with Crippen molar-refractivity contribution in [2.75, 3.05) is 33.2 Å². The van der Waals surface area contributed by atoms with Gasteiger partial charge in [0.05, 0.1) is 5.01 Å². The molecule has 0 spiro atoms. The van der Waals surface area contributed by atoms with E-state index in [9.17, 15) is 13.2 Å². The Morgan fingerprint density at radius 1 is 1.33 bits per heavy atom. The third-order valence-corrected chi connectivity index (χ3v) is 5.46. The molecule has 1 atom stereocenters. The Morgan fingerprint density at radius 2 is 2.07 bits per heavy atom. The molecule has 1 aliphatic rings. The maximum Gasteiger partial charge on any atom is 0.434 e. The van der Waals surface area contributed by atoms with Crippen LogP contribution in [0.3, 0.4) is 0 Å². The fourth-order valence-electron chi connectivity index (χ4n) is 3.04. The lowest BCUT2D eigenvalue weighted by atomic mass is 10.0. The number of halogens is 4. The molecule has 0 radical (unpaired) electrons. The van der Waals surface area contributed by atoms with Crippen LogP contribution in [0, 0.1) is 0 Å². The molecule has 2 heterocycles. The SMILES string of the molecule is CN=C(NCCCN1CCCCC1C)NCCc1nc(C(F)(F)F)cs1.I. The first-order valence-electron chi connectivity index (χ1n) is 9.10. The molecule has 0 aromatic carbocycles. The number of thiazole rings is 1.